The summed E-state index contributed by atoms with van der Waals surface area (Å²) in [6.45, 7) is -0.104. The Morgan fingerprint density at radius 1 is 1.38 bits per heavy atom. The summed E-state index contributed by atoms with van der Waals surface area (Å²) >= 11 is 0. The molecule has 2 nitrogen and oxygen atoms in total. The van der Waals surface area contributed by atoms with Crippen LogP contribution in [-0.4, -0.2) is 4.57 Å². The SMILES string of the molecule is Cn1c(C[O-])pc2ccccc21.[Li+]. The van der Waals surface area contributed by atoms with E-state index in [4.69, 9.17) is 0 Å². The molecule has 0 aliphatic rings. The van der Waals surface area contributed by atoms with Crippen molar-refractivity contribution in [2.75, 3.05) is 0 Å². The molecular weight excluding hydrogens is 176 g/mol. The normalized spacial score (nSPS) is 10.6. The minimum atomic E-state index is -0.104. The zero-order chi connectivity index (χ0) is 8.55. The molecule has 0 saturated heterocycles. The van der Waals surface area contributed by atoms with Gasteiger partial charge in [-0.2, -0.15) is 0 Å². The summed E-state index contributed by atoms with van der Waals surface area (Å²) in [5.41, 5.74) is 2.11. The molecule has 0 spiro atoms. The van der Waals surface area contributed by atoms with E-state index in [2.05, 4.69) is 6.07 Å². The number of benzene rings is 1. The van der Waals surface area contributed by atoms with E-state index in [1.54, 1.807) is 0 Å². The Kier molecular flexibility index (Phi) is 3.59. The monoisotopic (exact) mass is 185 g/mol. The maximum absolute atomic E-state index is 10.7. The molecule has 0 N–H and O–H groups in total. The molecule has 2 aromatic rings. The number of aromatic nitrogens is 1. The number of para-hydroxylation sites is 1. The molecule has 0 radical (unpaired) electrons. The van der Waals surface area contributed by atoms with Crippen molar-refractivity contribution in [3.63, 3.8) is 0 Å². The molecule has 0 aliphatic heterocycles. The van der Waals surface area contributed by atoms with Crippen LogP contribution in [0, 0.1) is 0 Å². The van der Waals surface area contributed by atoms with E-state index >= 15 is 0 Å². The van der Waals surface area contributed by atoms with Crippen molar-refractivity contribution in [3.8, 4) is 0 Å². The van der Waals surface area contributed by atoms with E-state index in [1.807, 2.05) is 29.8 Å². The van der Waals surface area contributed by atoms with Gasteiger partial charge in [-0.05, 0) is 20.3 Å². The van der Waals surface area contributed by atoms with E-state index in [0.29, 0.717) is 0 Å². The standard InChI is InChI=1S/C9H9NOP.Li/c1-10-7-4-2-3-5-8(7)12-9(10)6-11;/h2-5H,6H2,1H3;/q-1;+1. The second-order valence-corrected chi connectivity index (χ2v) is 3.94. The van der Waals surface area contributed by atoms with E-state index in [9.17, 15) is 5.11 Å². The van der Waals surface area contributed by atoms with Gasteiger partial charge in [0.25, 0.3) is 0 Å². The predicted molar refractivity (Wildman–Crippen MR) is 49.1 cm³/mol. The zero-order valence-electron chi connectivity index (χ0n) is 7.82. The summed E-state index contributed by atoms with van der Waals surface area (Å²) in [5.74, 6) is 0. The summed E-state index contributed by atoms with van der Waals surface area (Å²) in [4.78, 5) is 0. The van der Waals surface area contributed by atoms with Gasteiger partial charge in [-0.1, -0.05) is 18.7 Å². The van der Waals surface area contributed by atoms with Crippen LogP contribution in [-0.2, 0) is 13.7 Å². The van der Waals surface area contributed by atoms with Crippen LogP contribution in [0.15, 0.2) is 24.3 Å². The summed E-state index contributed by atoms with van der Waals surface area (Å²) in [6, 6.07) is 8.12. The number of hydrogen-bond donors (Lipinski definition) is 0. The van der Waals surface area contributed by atoms with Crippen LogP contribution in [0.4, 0.5) is 0 Å². The van der Waals surface area contributed by atoms with Crippen LogP contribution in [0.2, 0.25) is 0 Å². The van der Waals surface area contributed by atoms with Gasteiger partial charge < -0.3 is 9.67 Å². The van der Waals surface area contributed by atoms with Crippen molar-refractivity contribution in [3.05, 3.63) is 29.7 Å². The van der Waals surface area contributed by atoms with E-state index < -0.39 is 0 Å². The molecule has 0 fully saturated rings. The molecule has 0 saturated carbocycles. The molecule has 1 heterocycles. The molecule has 0 unspecified atom stereocenters. The fraction of sp³-hybridized carbons (Fsp3) is 0.222. The van der Waals surface area contributed by atoms with Crippen LogP contribution in [0.1, 0.15) is 5.43 Å². The Labute approximate surface area is 90.9 Å². The third-order valence-corrected chi connectivity index (χ3v) is 3.32. The maximum atomic E-state index is 10.7. The largest absolute Gasteiger partial charge is 1.00 e. The van der Waals surface area contributed by atoms with Crippen LogP contribution in [0.3, 0.4) is 0 Å². The molecular formula is C9H9LiNOP. The van der Waals surface area contributed by atoms with Crippen molar-refractivity contribution >= 4 is 18.8 Å². The van der Waals surface area contributed by atoms with Crippen LogP contribution in [0.5, 0.6) is 0 Å². The van der Waals surface area contributed by atoms with Gasteiger partial charge >= 0.3 is 18.9 Å². The Morgan fingerprint density at radius 3 is 2.69 bits per heavy atom. The minimum Gasteiger partial charge on any atom is -0.850 e. The van der Waals surface area contributed by atoms with Gasteiger partial charge in [0.05, 0.1) is 5.52 Å². The van der Waals surface area contributed by atoms with Gasteiger partial charge in [0, 0.05) is 17.6 Å². The maximum Gasteiger partial charge on any atom is 1.00 e. The number of hydrogen-bond acceptors (Lipinski definition) is 1. The first-order valence-corrected chi connectivity index (χ1v) is 4.71. The Bertz CT molecular complexity index is 413. The number of nitrogens with zero attached hydrogens (tertiary/aromatic N) is 1. The molecule has 2 rings (SSSR count). The van der Waals surface area contributed by atoms with Gasteiger partial charge in [-0.3, -0.25) is 0 Å². The topological polar surface area (TPSA) is 28.0 Å². The van der Waals surface area contributed by atoms with E-state index in [1.165, 1.54) is 10.6 Å². The first kappa shape index (κ1) is 10.8. The molecule has 1 aromatic heterocycles. The fourth-order valence-electron chi connectivity index (χ4n) is 1.32. The Balaban J connectivity index is 0.000000845. The van der Waals surface area contributed by atoms with Gasteiger partial charge in [0.2, 0.25) is 0 Å². The number of fused-ring (bicyclic) bond motifs is 1. The summed E-state index contributed by atoms with van der Waals surface area (Å²) in [7, 11) is 3.03. The van der Waals surface area contributed by atoms with Crippen molar-refractivity contribution < 1.29 is 24.0 Å². The van der Waals surface area contributed by atoms with Crippen LogP contribution < -0.4 is 24.0 Å². The predicted octanol–water partition coefficient (Wildman–Crippen LogP) is -1.38. The summed E-state index contributed by atoms with van der Waals surface area (Å²) in [5, 5.41) is 12.0. The van der Waals surface area contributed by atoms with Gasteiger partial charge in [-0.25, -0.2) is 0 Å². The third-order valence-electron chi connectivity index (χ3n) is 2.01. The Morgan fingerprint density at radius 2 is 2.08 bits per heavy atom. The van der Waals surface area contributed by atoms with Crippen LogP contribution in [0.25, 0.3) is 10.6 Å². The van der Waals surface area contributed by atoms with E-state index in [0.717, 1.165) is 13.6 Å². The molecule has 1 aromatic carbocycles. The van der Waals surface area contributed by atoms with Gasteiger partial charge in [-0.15, -0.1) is 0 Å². The molecule has 0 aliphatic carbocycles. The molecule has 62 valence electrons. The summed E-state index contributed by atoms with van der Waals surface area (Å²) < 4.78 is 1.99. The molecule has 13 heavy (non-hydrogen) atoms. The van der Waals surface area contributed by atoms with Crippen molar-refractivity contribution in [2.45, 2.75) is 6.61 Å². The van der Waals surface area contributed by atoms with Gasteiger partial charge in [0.1, 0.15) is 0 Å². The quantitative estimate of drug-likeness (QED) is 0.503. The first-order valence-electron chi connectivity index (χ1n) is 3.81. The molecule has 0 bridgehead atoms. The minimum absolute atomic E-state index is 0. The fourth-order valence-corrected chi connectivity index (χ4v) is 2.42. The van der Waals surface area contributed by atoms with E-state index in [-0.39, 0.29) is 25.5 Å². The average Bonchev–Trinajstić information content (AvgIpc) is 2.44. The van der Waals surface area contributed by atoms with Crippen molar-refractivity contribution in [1.29, 1.82) is 0 Å². The van der Waals surface area contributed by atoms with Crippen molar-refractivity contribution in [2.24, 2.45) is 7.05 Å². The average molecular weight is 185 g/mol. The van der Waals surface area contributed by atoms with Crippen LogP contribution >= 0.6 is 8.19 Å². The van der Waals surface area contributed by atoms with Gasteiger partial charge in [0.15, 0.2) is 0 Å². The first-order chi connectivity index (χ1) is 5.83. The smallest absolute Gasteiger partial charge is 0.850 e. The third kappa shape index (κ3) is 1.82. The second-order valence-electron chi connectivity index (χ2n) is 2.72. The molecule has 4 heteroatoms. The number of rotatable bonds is 1. The second kappa shape index (κ2) is 4.31. The van der Waals surface area contributed by atoms with Crippen molar-refractivity contribution in [1.82, 2.24) is 4.57 Å². The zero-order valence-corrected chi connectivity index (χ0v) is 8.71. The molecule has 0 amide bonds. The Hall–Kier alpha value is -0.253. The molecule has 0 atom stereocenters. The summed E-state index contributed by atoms with van der Waals surface area (Å²) in [6.07, 6.45) is 0. The number of aryl methyl sites for hydroxylation is 1.